The monoisotopic (exact) mass is 731 g/mol. The summed E-state index contributed by atoms with van der Waals surface area (Å²) in [6.07, 6.45) is 6.88. The van der Waals surface area contributed by atoms with Crippen LogP contribution in [-0.4, -0.2) is 11.3 Å². The average molecular weight is 732 g/mol. The van der Waals surface area contributed by atoms with Crippen LogP contribution in [0.4, 0.5) is 0 Å². The second-order valence-electron chi connectivity index (χ2n) is 17.7. The van der Waals surface area contributed by atoms with E-state index in [1.807, 2.05) is 0 Å². The normalized spacial score (nSPS) is 23.3. The SMILES string of the molecule is c1ccc2c(c1)Oc1ccccc1B2c1ccc2cc(C3(c4ccc5cc(-n6c7ccccc7c7ccccc76)ccc5c4)C4CC5CC(C4)CC3C5)ccc2c1. The average Bonchev–Trinajstić information content (AvgIpc) is 3.59. The van der Waals surface area contributed by atoms with Gasteiger partial charge >= 0.3 is 0 Å². The van der Waals surface area contributed by atoms with Gasteiger partial charge in [0.15, 0.2) is 0 Å². The van der Waals surface area contributed by atoms with Gasteiger partial charge in [-0.3, -0.25) is 0 Å². The molecular weight excluding hydrogens is 689 g/mol. The first-order chi connectivity index (χ1) is 28.2. The summed E-state index contributed by atoms with van der Waals surface area (Å²) in [6.45, 7) is 0.138. The van der Waals surface area contributed by atoms with E-state index in [1.165, 1.54) is 109 Å². The Morgan fingerprint density at radius 1 is 0.456 bits per heavy atom. The third-order valence-electron chi connectivity index (χ3n) is 14.9. The fourth-order valence-electron chi connectivity index (χ4n) is 12.8. The van der Waals surface area contributed by atoms with Gasteiger partial charge in [-0.05, 0) is 136 Å². The summed E-state index contributed by atoms with van der Waals surface area (Å²) in [5.41, 5.74) is 10.6. The zero-order chi connectivity index (χ0) is 37.2. The van der Waals surface area contributed by atoms with E-state index in [4.69, 9.17) is 4.74 Å². The Labute approximate surface area is 333 Å². The van der Waals surface area contributed by atoms with Crippen LogP contribution in [-0.2, 0) is 5.41 Å². The smallest absolute Gasteiger partial charge is 0.250 e. The van der Waals surface area contributed by atoms with E-state index in [0.29, 0.717) is 11.8 Å². The molecule has 272 valence electrons. The lowest BCUT2D eigenvalue weighted by molar-refractivity contribution is -0.0417. The van der Waals surface area contributed by atoms with E-state index in [0.717, 1.165) is 23.3 Å². The molecule has 0 unspecified atom stereocenters. The number of aromatic nitrogens is 1. The molecule has 0 spiro atoms. The van der Waals surface area contributed by atoms with Gasteiger partial charge in [0.1, 0.15) is 11.5 Å². The van der Waals surface area contributed by atoms with E-state index in [1.54, 1.807) is 0 Å². The van der Waals surface area contributed by atoms with Gasteiger partial charge in [0.2, 0.25) is 0 Å². The van der Waals surface area contributed by atoms with Gasteiger partial charge in [-0.15, -0.1) is 0 Å². The van der Waals surface area contributed by atoms with Crippen molar-refractivity contribution in [3.05, 3.63) is 181 Å². The molecule has 9 aromatic rings. The molecule has 0 saturated heterocycles. The van der Waals surface area contributed by atoms with Crippen molar-refractivity contribution in [3.63, 3.8) is 0 Å². The molecule has 3 heteroatoms. The first kappa shape index (κ1) is 32.1. The van der Waals surface area contributed by atoms with E-state index < -0.39 is 0 Å². The highest BCUT2D eigenvalue weighted by Gasteiger charge is 2.58. The van der Waals surface area contributed by atoms with Crippen molar-refractivity contribution >= 4 is 66.5 Å². The van der Waals surface area contributed by atoms with Crippen LogP contribution in [0, 0.1) is 23.7 Å². The van der Waals surface area contributed by atoms with Crippen molar-refractivity contribution in [2.45, 2.75) is 37.5 Å². The molecule has 0 atom stereocenters. The highest BCUT2D eigenvalue weighted by Crippen LogP contribution is 2.65. The number of rotatable bonds is 4. The summed E-state index contributed by atoms with van der Waals surface area (Å²) < 4.78 is 8.82. The minimum atomic E-state index is 0.0264. The first-order valence-corrected chi connectivity index (χ1v) is 21.1. The number of hydrogen-bond acceptors (Lipinski definition) is 1. The fourth-order valence-corrected chi connectivity index (χ4v) is 12.8. The molecule has 1 aromatic heterocycles. The maximum Gasteiger partial charge on any atom is 0.250 e. The van der Waals surface area contributed by atoms with Crippen molar-refractivity contribution in [2.75, 3.05) is 0 Å². The quantitative estimate of drug-likeness (QED) is 0.164. The summed E-state index contributed by atoms with van der Waals surface area (Å²) in [5, 5.41) is 7.91. The molecule has 0 N–H and O–H groups in total. The van der Waals surface area contributed by atoms with E-state index in [-0.39, 0.29) is 12.1 Å². The number of fused-ring (bicyclic) bond motifs is 7. The number of nitrogens with zero attached hydrogens (tertiary/aromatic N) is 1. The van der Waals surface area contributed by atoms with Gasteiger partial charge in [-0.2, -0.15) is 0 Å². The zero-order valence-corrected chi connectivity index (χ0v) is 31.9. The molecule has 1 aliphatic heterocycles. The van der Waals surface area contributed by atoms with Crippen LogP contribution in [0.1, 0.15) is 43.2 Å². The standard InChI is InChI=1S/C54H42BNO/c1-5-13-50-46(9-1)47-10-2-6-14-51(47)56(50)45-24-20-37-31-41(22-18-39(37)33-45)54(42-26-34-25-35(28-42)29-43(54)27-34)40-21-17-38-32-44(23-19-36(38)30-40)55-48-11-3-7-15-52(48)57-53-16-8-4-12-49(53)55/h1-24,30-35,42-43H,25-29H2. The minimum absolute atomic E-state index is 0.0264. The van der Waals surface area contributed by atoms with Crippen LogP contribution in [0.5, 0.6) is 11.5 Å². The van der Waals surface area contributed by atoms with Crippen molar-refractivity contribution in [2.24, 2.45) is 23.7 Å². The third kappa shape index (κ3) is 4.60. The van der Waals surface area contributed by atoms with Crippen molar-refractivity contribution in [1.29, 1.82) is 0 Å². The van der Waals surface area contributed by atoms with E-state index in [2.05, 4.69) is 174 Å². The Bertz CT molecular complexity index is 2970. The van der Waals surface area contributed by atoms with Crippen LogP contribution < -0.4 is 21.1 Å². The molecule has 4 fully saturated rings. The minimum Gasteiger partial charge on any atom is -0.458 e. The molecule has 2 heterocycles. The molecule has 5 aliphatic rings. The molecule has 4 aliphatic carbocycles. The van der Waals surface area contributed by atoms with Crippen LogP contribution in [0.15, 0.2) is 170 Å². The lowest BCUT2D eigenvalue weighted by Crippen LogP contribution is -2.56. The molecule has 0 amide bonds. The maximum atomic E-state index is 6.38. The van der Waals surface area contributed by atoms with E-state index in [9.17, 15) is 0 Å². The van der Waals surface area contributed by atoms with Crippen LogP contribution in [0.25, 0.3) is 49.0 Å². The molecule has 4 saturated carbocycles. The van der Waals surface area contributed by atoms with Gasteiger partial charge in [-0.1, -0.05) is 139 Å². The molecule has 2 nitrogen and oxygen atoms in total. The van der Waals surface area contributed by atoms with Gasteiger partial charge in [0.05, 0.1) is 11.0 Å². The Morgan fingerprint density at radius 2 is 0.947 bits per heavy atom. The highest BCUT2D eigenvalue weighted by atomic mass is 16.5. The van der Waals surface area contributed by atoms with Crippen LogP contribution >= 0.6 is 0 Å². The Balaban J connectivity index is 0.935. The van der Waals surface area contributed by atoms with E-state index >= 15 is 0 Å². The summed E-state index contributed by atoms with van der Waals surface area (Å²) >= 11 is 0. The number of benzene rings is 8. The lowest BCUT2D eigenvalue weighted by atomic mass is 9.36. The second-order valence-corrected chi connectivity index (χ2v) is 17.7. The Morgan fingerprint density at radius 3 is 1.56 bits per heavy atom. The zero-order valence-electron chi connectivity index (χ0n) is 31.9. The first-order valence-electron chi connectivity index (χ1n) is 21.1. The van der Waals surface area contributed by atoms with Gasteiger partial charge < -0.3 is 9.30 Å². The Kier molecular flexibility index (Phi) is 6.74. The number of hydrogen-bond donors (Lipinski definition) is 0. The largest absolute Gasteiger partial charge is 0.458 e. The Hall–Kier alpha value is -6.06. The van der Waals surface area contributed by atoms with Gasteiger partial charge in [0, 0.05) is 21.9 Å². The van der Waals surface area contributed by atoms with Gasteiger partial charge in [-0.25, -0.2) is 0 Å². The number of ether oxygens (including phenoxy) is 1. The maximum absolute atomic E-state index is 6.38. The predicted octanol–water partition coefficient (Wildman–Crippen LogP) is 11.5. The molecular formula is C54H42BNO. The highest BCUT2D eigenvalue weighted by molar-refractivity contribution is 6.97. The van der Waals surface area contributed by atoms with Crippen LogP contribution in [0.2, 0.25) is 0 Å². The summed E-state index contributed by atoms with van der Waals surface area (Å²) in [6, 6.07) is 64.2. The fraction of sp³-hybridized carbons (Fsp3) is 0.185. The van der Waals surface area contributed by atoms with Crippen molar-refractivity contribution in [1.82, 2.24) is 4.57 Å². The van der Waals surface area contributed by atoms with Crippen molar-refractivity contribution in [3.8, 4) is 17.2 Å². The summed E-state index contributed by atoms with van der Waals surface area (Å²) in [7, 11) is 0. The van der Waals surface area contributed by atoms with Gasteiger partial charge in [0.25, 0.3) is 6.71 Å². The molecule has 4 bridgehead atoms. The third-order valence-corrected chi connectivity index (χ3v) is 14.9. The molecule has 14 rings (SSSR count). The molecule has 57 heavy (non-hydrogen) atoms. The summed E-state index contributed by atoms with van der Waals surface area (Å²) in [4.78, 5) is 0. The number of para-hydroxylation sites is 4. The van der Waals surface area contributed by atoms with Crippen molar-refractivity contribution < 1.29 is 4.74 Å². The summed E-state index contributed by atoms with van der Waals surface area (Å²) in [5.74, 6) is 5.05. The lowest BCUT2D eigenvalue weighted by Gasteiger charge is -2.62. The second kappa shape index (κ2) is 12.0. The predicted molar refractivity (Wildman–Crippen MR) is 238 cm³/mol. The molecule has 8 aromatic carbocycles. The topological polar surface area (TPSA) is 14.2 Å². The van der Waals surface area contributed by atoms with Crippen LogP contribution in [0.3, 0.4) is 0 Å². The molecule has 0 radical (unpaired) electrons.